The summed E-state index contributed by atoms with van der Waals surface area (Å²) in [6.45, 7) is 3.90. The molecule has 0 saturated heterocycles. The zero-order valence-corrected chi connectivity index (χ0v) is 14.8. The van der Waals surface area contributed by atoms with Gasteiger partial charge >= 0.3 is 0 Å². The maximum Gasteiger partial charge on any atom is 0.141 e. The largest absolute Gasteiger partial charge is 0.464 e. The highest BCUT2D eigenvalue weighted by Crippen LogP contribution is 2.28. The van der Waals surface area contributed by atoms with Crippen LogP contribution in [0.4, 0.5) is 10.1 Å². The number of fused-ring (bicyclic) bond motifs is 1. The molecule has 0 aliphatic carbocycles. The number of halogens is 1. The van der Waals surface area contributed by atoms with Crippen molar-refractivity contribution >= 4 is 28.4 Å². The van der Waals surface area contributed by atoms with Crippen LogP contribution in [0.2, 0.25) is 0 Å². The Hall–Kier alpha value is -3.60. The van der Waals surface area contributed by atoms with Crippen LogP contribution in [-0.2, 0) is 0 Å². The number of hydrogen-bond donors (Lipinski definition) is 1. The fraction of sp³-hybridized carbons (Fsp3) is 0.0455. The lowest BCUT2D eigenvalue weighted by Crippen LogP contribution is -2.25. The molecule has 1 aliphatic rings. The summed E-state index contributed by atoms with van der Waals surface area (Å²) in [7, 11) is 1.92. The first-order valence-electron chi connectivity index (χ1n) is 8.51. The van der Waals surface area contributed by atoms with Gasteiger partial charge in [0.15, 0.2) is 0 Å². The molecule has 0 amide bonds. The summed E-state index contributed by atoms with van der Waals surface area (Å²) in [5.41, 5.74) is 3.47. The highest BCUT2D eigenvalue weighted by Gasteiger charge is 2.17. The Morgan fingerprint density at radius 2 is 2.00 bits per heavy atom. The first-order valence-corrected chi connectivity index (χ1v) is 8.51. The quantitative estimate of drug-likeness (QED) is 0.678. The van der Waals surface area contributed by atoms with Gasteiger partial charge in [0.2, 0.25) is 0 Å². The Bertz CT molecular complexity index is 1090. The SMILES string of the molecule is C=C/C(=C1/N=CC=C(Nc2ccc3occc3c2)N1C)c1ccc(F)cc1. The van der Waals surface area contributed by atoms with Gasteiger partial charge in [-0.1, -0.05) is 24.8 Å². The maximum absolute atomic E-state index is 13.3. The van der Waals surface area contributed by atoms with E-state index >= 15 is 0 Å². The van der Waals surface area contributed by atoms with E-state index < -0.39 is 0 Å². The van der Waals surface area contributed by atoms with Crippen molar-refractivity contribution in [3.05, 3.63) is 96.5 Å². The highest BCUT2D eigenvalue weighted by molar-refractivity contribution is 5.84. The number of nitrogens with one attached hydrogen (secondary N) is 1. The minimum absolute atomic E-state index is 0.274. The smallest absolute Gasteiger partial charge is 0.141 e. The Morgan fingerprint density at radius 1 is 1.19 bits per heavy atom. The normalized spacial score (nSPS) is 15.6. The number of aliphatic imine (C=N–C) groups is 1. The van der Waals surface area contributed by atoms with Crippen molar-refractivity contribution in [1.29, 1.82) is 0 Å². The molecule has 2 heterocycles. The fourth-order valence-electron chi connectivity index (χ4n) is 3.03. The second-order valence-electron chi connectivity index (χ2n) is 6.14. The molecule has 27 heavy (non-hydrogen) atoms. The van der Waals surface area contributed by atoms with Gasteiger partial charge in [0.25, 0.3) is 0 Å². The maximum atomic E-state index is 13.3. The summed E-state index contributed by atoms with van der Waals surface area (Å²) in [6.07, 6.45) is 7.04. The fourth-order valence-corrected chi connectivity index (χ4v) is 3.03. The molecule has 0 atom stereocenters. The summed E-state index contributed by atoms with van der Waals surface area (Å²) < 4.78 is 18.6. The van der Waals surface area contributed by atoms with E-state index in [9.17, 15) is 4.39 Å². The van der Waals surface area contributed by atoms with Crippen LogP contribution in [0.3, 0.4) is 0 Å². The molecule has 3 aromatic rings. The van der Waals surface area contributed by atoms with Crippen molar-refractivity contribution in [2.45, 2.75) is 0 Å². The van der Waals surface area contributed by atoms with Crippen LogP contribution >= 0.6 is 0 Å². The Kier molecular flexibility index (Phi) is 4.34. The molecule has 0 radical (unpaired) electrons. The van der Waals surface area contributed by atoms with Crippen LogP contribution in [0, 0.1) is 5.82 Å². The molecule has 4 nitrogen and oxygen atoms in total. The summed E-state index contributed by atoms with van der Waals surface area (Å²) in [5.74, 6) is 1.32. The van der Waals surface area contributed by atoms with Crippen LogP contribution < -0.4 is 5.32 Å². The first kappa shape index (κ1) is 16.8. The van der Waals surface area contributed by atoms with Gasteiger partial charge in [0.1, 0.15) is 23.0 Å². The number of nitrogens with zero attached hydrogens (tertiary/aromatic N) is 2. The summed E-state index contributed by atoms with van der Waals surface area (Å²) in [5, 5.41) is 4.44. The van der Waals surface area contributed by atoms with E-state index in [1.54, 1.807) is 30.7 Å². The lowest BCUT2D eigenvalue weighted by molar-refractivity contribution is 0.518. The van der Waals surface area contributed by atoms with Gasteiger partial charge in [0.05, 0.1) is 6.26 Å². The van der Waals surface area contributed by atoms with E-state index in [-0.39, 0.29) is 5.82 Å². The van der Waals surface area contributed by atoms with Crippen LogP contribution in [-0.4, -0.2) is 18.2 Å². The van der Waals surface area contributed by atoms with Crippen molar-refractivity contribution in [3.8, 4) is 0 Å². The Labute approximate surface area is 156 Å². The van der Waals surface area contributed by atoms with Crippen LogP contribution in [0.25, 0.3) is 16.5 Å². The van der Waals surface area contributed by atoms with Crippen LogP contribution in [0.1, 0.15) is 5.56 Å². The van der Waals surface area contributed by atoms with Gasteiger partial charge in [-0.3, -0.25) is 0 Å². The molecule has 1 N–H and O–H groups in total. The van der Waals surface area contributed by atoms with Gasteiger partial charge in [-0.2, -0.15) is 0 Å². The second-order valence-corrected chi connectivity index (χ2v) is 6.14. The zero-order chi connectivity index (χ0) is 18.8. The van der Waals surface area contributed by atoms with Crippen molar-refractivity contribution in [2.24, 2.45) is 4.99 Å². The first-order chi connectivity index (χ1) is 13.2. The standard InChI is InChI=1S/C22H18FN3O/c1-3-19(15-4-6-17(23)7-5-15)22-24-12-10-21(26(22)2)25-18-8-9-20-16(14-18)11-13-27-20/h3-14,25H,1H2,2H3/b22-19+. The third-order valence-electron chi connectivity index (χ3n) is 4.43. The van der Waals surface area contributed by atoms with Crippen molar-refractivity contribution in [2.75, 3.05) is 12.4 Å². The number of anilines is 1. The molecule has 0 fully saturated rings. The van der Waals surface area contributed by atoms with E-state index in [0.717, 1.165) is 39.4 Å². The van der Waals surface area contributed by atoms with E-state index in [4.69, 9.17) is 4.42 Å². The molecule has 4 rings (SSSR count). The number of rotatable bonds is 4. The third kappa shape index (κ3) is 3.27. The lowest BCUT2D eigenvalue weighted by atomic mass is 10.1. The minimum Gasteiger partial charge on any atom is -0.464 e. The highest BCUT2D eigenvalue weighted by atomic mass is 19.1. The van der Waals surface area contributed by atoms with Gasteiger partial charge < -0.3 is 14.6 Å². The van der Waals surface area contributed by atoms with Crippen molar-refractivity contribution in [1.82, 2.24) is 4.90 Å². The summed E-state index contributed by atoms with van der Waals surface area (Å²) in [4.78, 5) is 6.44. The molecular weight excluding hydrogens is 341 g/mol. The molecule has 0 bridgehead atoms. The Balaban J connectivity index is 1.65. The van der Waals surface area contributed by atoms with Gasteiger partial charge in [-0.15, -0.1) is 0 Å². The molecule has 0 spiro atoms. The van der Waals surface area contributed by atoms with E-state index in [0.29, 0.717) is 0 Å². The second kappa shape index (κ2) is 6.96. The lowest BCUT2D eigenvalue weighted by Gasteiger charge is -2.28. The average molecular weight is 359 g/mol. The number of benzene rings is 2. The predicted octanol–water partition coefficient (Wildman–Crippen LogP) is 5.40. The minimum atomic E-state index is -0.274. The van der Waals surface area contributed by atoms with Gasteiger partial charge in [-0.05, 0) is 48.0 Å². The van der Waals surface area contributed by atoms with E-state index in [1.807, 2.05) is 42.3 Å². The monoisotopic (exact) mass is 359 g/mol. The summed E-state index contributed by atoms with van der Waals surface area (Å²) >= 11 is 0. The number of hydrogen-bond acceptors (Lipinski definition) is 4. The Morgan fingerprint density at radius 3 is 2.78 bits per heavy atom. The van der Waals surface area contributed by atoms with Crippen molar-refractivity contribution in [3.63, 3.8) is 0 Å². The van der Waals surface area contributed by atoms with Crippen molar-refractivity contribution < 1.29 is 8.81 Å². The number of allylic oxidation sites excluding steroid dienone is 3. The average Bonchev–Trinajstić information content (AvgIpc) is 3.14. The number of furan rings is 1. The summed E-state index contributed by atoms with van der Waals surface area (Å²) in [6, 6.07) is 14.2. The van der Waals surface area contributed by atoms with Crippen LogP contribution in [0.15, 0.2) is 94.6 Å². The van der Waals surface area contributed by atoms with E-state index in [1.165, 1.54) is 12.1 Å². The molecule has 0 saturated carbocycles. The van der Waals surface area contributed by atoms with Gasteiger partial charge in [-0.25, -0.2) is 9.38 Å². The zero-order valence-electron chi connectivity index (χ0n) is 14.8. The topological polar surface area (TPSA) is 40.8 Å². The molecule has 2 aromatic carbocycles. The molecule has 1 aliphatic heterocycles. The third-order valence-corrected chi connectivity index (χ3v) is 4.43. The molecule has 1 aromatic heterocycles. The predicted molar refractivity (Wildman–Crippen MR) is 108 cm³/mol. The van der Waals surface area contributed by atoms with Gasteiger partial charge in [0, 0.05) is 29.9 Å². The molecule has 0 unspecified atom stereocenters. The van der Waals surface area contributed by atoms with Crippen LogP contribution in [0.5, 0.6) is 0 Å². The van der Waals surface area contributed by atoms with E-state index in [2.05, 4.69) is 16.9 Å². The molecule has 5 heteroatoms. The molecule has 134 valence electrons. The molecular formula is C22H18FN3O.